The predicted octanol–water partition coefficient (Wildman–Crippen LogP) is 2.02. The van der Waals surface area contributed by atoms with E-state index in [0.29, 0.717) is 40.1 Å². The minimum Gasteiger partial charge on any atom is -0.408 e. The first-order valence-electron chi connectivity index (χ1n) is 8.63. The van der Waals surface area contributed by atoms with Gasteiger partial charge < -0.3 is 4.42 Å². The fraction of sp³-hybridized carbons (Fsp3) is 0.158. The van der Waals surface area contributed by atoms with Crippen LogP contribution in [0.1, 0.15) is 12.7 Å². The van der Waals surface area contributed by atoms with Gasteiger partial charge in [-0.25, -0.2) is 4.79 Å². The third-order valence-electron chi connectivity index (χ3n) is 4.76. The van der Waals surface area contributed by atoms with E-state index in [9.17, 15) is 9.59 Å². The minimum atomic E-state index is -0.457. The molecule has 0 spiro atoms. The molecule has 3 heterocycles. The fourth-order valence-corrected chi connectivity index (χ4v) is 3.51. The minimum absolute atomic E-state index is 0.106. The standard InChI is InChI=1S/C19H15N5O3/c1-2-22-17(25)12-7-3-4-8-13(12)24-16(20-21-18(22)24)11-23-14-9-5-6-10-15(14)27-19(23)26/h3-10H,2,11H2,1H3. The summed E-state index contributed by atoms with van der Waals surface area (Å²) < 4.78 is 10.2. The average Bonchev–Trinajstić information content (AvgIpc) is 3.24. The third-order valence-corrected chi connectivity index (χ3v) is 4.76. The van der Waals surface area contributed by atoms with Crippen LogP contribution in [0.25, 0.3) is 27.8 Å². The van der Waals surface area contributed by atoms with Crippen LogP contribution in [0.15, 0.2) is 62.5 Å². The van der Waals surface area contributed by atoms with Crippen LogP contribution in [0.4, 0.5) is 0 Å². The predicted molar refractivity (Wildman–Crippen MR) is 100 cm³/mol. The van der Waals surface area contributed by atoms with Gasteiger partial charge in [-0.1, -0.05) is 24.3 Å². The highest BCUT2D eigenvalue weighted by Crippen LogP contribution is 2.17. The summed E-state index contributed by atoms with van der Waals surface area (Å²) in [6.45, 7) is 2.54. The van der Waals surface area contributed by atoms with Gasteiger partial charge in [0.15, 0.2) is 11.4 Å². The Morgan fingerprint density at radius 2 is 1.67 bits per heavy atom. The van der Waals surface area contributed by atoms with Crippen molar-refractivity contribution in [1.82, 2.24) is 23.7 Å². The van der Waals surface area contributed by atoms with Crippen molar-refractivity contribution in [2.75, 3.05) is 0 Å². The van der Waals surface area contributed by atoms with Crippen molar-refractivity contribution >= 4 is 27.8 Å². The first-order valence-corrected chi connectivity index (χ1v) is 8.63. The molecule has 134 valence electrons. The van der Waals surface area contributed by atoms with Crippen molar-refractivity contribution < 1.29 is 4.42 Å². The van der Waals surface area contributed by atoms with Gasteiger partial charge in [0.05, 0.1) is 23.0 Å². The van der Waals surface area contributed by atoms with Gasteiger partial charge in [-0.05, 0) is 31.2 Å². The highest BCUT2D eigenvalue weighted by molar-refractivity contribution is 5.80. The number of aromatic nitrogens is 5. The first kappa shape index (κ1) is 15.6. The number of aryl methyl sites for hydroxylation is 1. The van der Waals surface area contributed by atoms with E-state index in [0.717, 1.165) is 0 Å². The van der Waals surface area contributed by atoms with Crippen LogP contribution >= 0.6 is 0 Å². The molecule has 0 N–H and O–H groups in total. The number of para-hydroxylation sites is 3. The molecule has 0 saturated heterocycles. The van der Waals surface area contributed by atoms with E-state index in [1.807, 2.05) is 47.7 Å². The molecule has 0 aliphatic carbocycles. The van der Waals surface area contributed by atoms with Crippen molar-refractivity contribution in [3.05, 3.63) is 75.3 Å². The molecule has 27 heavy (non-hydrogen) atoms. The number of rotatable bonds is 3. The summed E-state index contributed by atoms with van der Waals surface area (Å²) in [5.74, 6) is 0.551. The number of nitrogens with zero attached hydrogens (tertiary/aromatic N) is 5. The molecule has 8 heteroatoms. The van der Waals surface area contributed by atoms with Gasteiger partial charge in [-0.15, -0.1) is 10.2 Å². The molecule has 2 aromatic carbocycles. The van der Waals surface area contributed by atoms with E-state index in [4.69, 9.17) is 4.42 Å². The molecule has 8 nitrogen and oxygen atoms in total. The zero-order chi connectivity index (χ0) is 18.5. The van der Waals surface area contributed by atoms with Crippen LogP contribution < -0.4 is 11.3 Å². The van der Waals surface area contributed by atoms with E-state index >= 15 is 0 Å². The molecular formula is C19H15N5O3. The number of hydrogen-bond acceptors (Lipinski definition) is 5. The van der Waals surface area contributed by atoms with E-state index in [-0.39, 0.29) is 12.1 Å². The Labute approximate surface area is 151 Å². The molecule has 0 unspecified atom stereocenters. The molecule has 0 saturated carbocycles. The van der Waals surface area contributed by atoms with Crippen LogP contribution in [-0.4, -0.2) is 23.7 Å². The number of oxazole rings is 1. The Balaban J connectivity index is 1.82. The number of hydrogen-bond donors (Lipinski definition) is 0. The van der Waals surface area contributed by atoms with E-state index in [1.54, 1.807) is 16.7 Å². The zero-order valence-corrected chi connectivity index (χ0v) is 14.5. The summed E-state index contributed by atoms with van der Waals surface area (Å²) in [5, 5.41) is 9.07. The summed E-state index contributed by atoms with van der Waals surface area (Å²) in [6, 6.07) is 14.6. The van der Waals surface area contributed by atoms with Gasteiger partial charge in [0.25, 0.3) is 5.56 Å². The second-order valence-electron chi connectivity index (χ2n) is 6.24. The smallest absolute Gasteiger partial charge is 0.408 e. The lowest BCUT2D eigenvalue weighted by molar-refractivity contribution is 0.513. The van der Waals surface area contributed by atoms with Gasteiger partial charge in [0.2, 0.25) is 5.78 Å². The zero-order valence-electron chi connectivity index (χ0n) is 14.5. The van der Waals surface area contributed by atoms with Crippen molar-refractivity contribution in [3.8, 4) is 0 Å². The van der Waals surface area contributed by atoms with E-state index in [2.05, 4.69) is 10.2 Å². The quantitative estimate of drug-likeness (QED) is 0.491. The largest absolute Gasteiger partial charge is 0.420 e. The highest BCUT2D eigenvalue weighted by Gasteiger charge is 2.18. The Morgan fingerprint density at radius 1 is 0.926 bits per heavy atom. The average molecular weight is 361 g/mol. The third kappa shape index (κ3) is 2.16. The summed E-state index contributed by atoms with van der Waals surface area (Å²) in [4.78, 5) is 25.1. The Kier molecular flexibility index (Phi) is 3.27. The molecule has 0 bridgehead atoms. The molecule has 5 aromatic rings. The maximum absolute atomic E-state index is 12.7. The second kappa shape index (κ2) is 5.66. The Morgan fingerprint density at radius 3 is 2.48 bits per heavy atom. The second-order valence-corrected chi connectivity index (χ2v) is 6.24. The van der Waals surface area contributed by atoms with Gasteiger partial charge >= 0.3 is 5.76 Å². The molecule has 0 aliphatic heterocycles. The Hall–Kier alpha value is -3.68. The lowest BCUT2D eigenvalue weighted by Crippen LogP contribution is -2.23. The lowest BCUT2D eigenvalue weighted by Gasteiger charge is -2.09. The van der Waals surface area contributed by atoms with Crippen molar-refractivity contribution in [1.29, 1.82) is 0 Å². The normalized spacial score (nSPS) is 11.7. The van der Waals surface area contributed by atoms with Gasteiger partial charge in [0, 0.05) is 6.54 Å². The van der Waals surface area contributed by atoms with Crippen LogP contribution in [-0.2, 0) is 13.1 Å². The summed E-state index contributed by atoms with van der Waals surface area (Å²) >= 11 is 0. The van der Waals surface area contributed by atoms with Crippen molar-refractivity contribution in [3.63, 3.8) is 0 Å². The van der Waals surface area contributed by atoms with Crippen molar-refractivity contribution in [2.45, 2.75) is 20.0 Å². The molecule has 0 radical (unpaired) electrons. The maximum Gasteiger partial charge on any atom is 0.420 e. The Bertz CT molecular complexity index is 1440. The van der Waals surface area contributed by atoms with Gasteiger partial charge in [-0.3, -0.25) is 18.3 Å². The highest BCUT2D eigenvalue weighted by atomic mass is 16.4. The maximum atomic E-state index is 12.7. The summed E-state index contributed by atoms with van der Waals surface area (Å²) in [6.07, 6.45) is 0. The SMILES string of the molecule is CCn1c(=O)c2ccccc2n2c(Cn3c(=O)oc4ccccc43)nnc12. The number of fused-ring (bicyclic) bond motifs is 4. The molecular weight excluding hydrogens is 346 g/mol. The molecule has 0 fully saturated rings. The fourth-order valence-electron chi connectivity index (χ4n) is 3.51. The van der Waals surface area contributed by atoms with Crippen LogP contribution in [0.5, 0.6) is 0 Å². The molecule has 0 amide bonds. The van der Waals surface area contributed by atoms with Crippen LogP contribution in [0.2, 0.25) is 0 Å². The van der Waals surface area contributed by atoms with Gasteiger partial charge in [0.1, 0.15) is 0 Å². The topological polar surface area (TPSA) is 87.3 Å². The number of benzene rings is 2. The first-order chi connectivity index (χ1) is 13.2. The summed E-state index contributed by atoms with van der Waals surface area (Å²) in [7, 11) is 0. The molecule has 3 aromatic heterocycles. The van der Waals surface area contributed by atoms with E-state index in [1.165, 1.54) is 4.57 Å². The van der Waals surface area contributed by atoms with Crippen LogP contribution in [0.3, 0.4) is 0 Å². The molecule has 5 rings (SSSR count). The summed E-state index contributed by atoms with van der Waals surface area (Å²) in [5.41, 5.74) is 1.81. The van der Waals surface area contributed by atoms with Crippen molar-refractivity contribution in [2.24, 2.45) is 0 Å². The van der Waals surface area contributed by atoms with E-state index < -0.39 is 5.76 Å². The van der Waals surface area contributed by atoms with Crippen LogP contribution in [0, 0.1) is 0 Å². The van der Waals surface area contributed by atoms with Gasteiger partial charge in [-0.2, -0.15) is 0 Å². The monoisotopic (exact) mass is 361 g/mol. The lowest BCUT2D eigenvalue weighted by atomic mass is 10.2. The molecule has 0 atom stereocenters. The molecule has 0 aliphatic rings.